The SMILES string of the molecule is CC(=O)OCc1ccc2oc(Cl)nc2c1. The third-order valence-electron chi connectivity index (χ3n) is 1.87. The van der Waals surface area contributed by atoms with Gasteiger partial charge in [0.25, 0.3) is 5.35 Å². The van der Waals surface area contributed by atoms with Crippen molar-refractivity contribution in [2.24, 2.45) is 0 Å². The zero-order valence-electron chi connectivity index (χ0n) is 7.99. The molecule has 2 aromatic rings. The van der Waals surface area contributed by atoms with Crippen LogP contribution >= 0.6 is 11.6 Å². The Morgan fingerprint density at radius 1 is 1.60 bits per heavy atom. The van der Waals surface area contributed by atoms with Crippen LogP contribution in [-0.4, -0.2) is 11.0 Å². The Hall–Kier alpha value is -1.55. The van der Waals surface area contributed by atoms with E-state index >= 15 is 0 Å². The summed E-state index contributed by atoms with van der Waals surface area (Å²) in [6.45, 7) is 1.60. The zero-order chi connectivity index (χ0) is 10.8. The standard InChI is InChI=1S/C10H8ClNO3/c1-6(13)14-5-7-2-3-9-8(4-7)12-10(11)15-9/h2-4H,5H2,1H3. The van der Waals surface area contributed by atoms with E-state index in [-0.39, 0.29) is 17.9 Å². The van der Waals surface area contributed by atoms with Crippen molar-refractivity contribution < 1.29 is 13.9 Å². The summed E-state index contributed by atoms with van der Waals surface area (Å²) in [4.78, 5) is 14.6. The number of fused-ring (bicyclic) bond motifs is 1. The minimum absolute atomic E-state index is 0.106. The number of oxazole rings is 1. The highest BCUT2D eigenvalue weighted by Crippen LogP contribution is 2.20. The number of carbonyl (C=O) groups excluding carboxylic acids is 1. The predicted octanol–water partition coefficient (Wildman–Crippen LogP) is 2.54. The number of hydrogen-bond donors (Lipinski definition) is 0. The van der Waals surface area contributed by atoms with Gasteiger partial charge in [0.1, 0.15) is 12.1 Å². The third kappa shape index (κ3) is 2.27. The van der Waals surface area contributed by atoms with Gasteiger partial charge in [-0.3, -0.25) is 4.79 Å². The van der Waals surface area contributed by atoms with E-state index in [1.54, 1.807) is 18.2 Å². The molecule has 0 bridgehead atoms. The minimum Gasteiger partial charge on any atom is -0.461 e. The molecule has 78 valence electrons. The second-order valence-electron chi connectivity index (χ2n) is 3.05. The van der Waals surface area contributed by atoms with Crippen molar-refractivity contribution in [2.45, 2.75) is 13.5 Å². The summed E-state index contributed by atoms with van der Waals surface area (Å²) in [5.41, 5.74) is 2.12. The fraction of sp³-hybridized carbons (Fsp3) is 0.200. The first-order valence-electron chi connectivity index (χ1n) is 4.33. The molecule has 0 saturated heterocycles. The molecule has 5 heteroatoms. The first-order chi connectivity index (χ1) is 7.15. The summed E-state index contributed by atoms with van der Waals surface area (Å²) in [6.07, 6.45) is 0. The number of carbonyl (C=O) groups is 1. The van der Waals surface area contributed by atoms with Gasteiger partial charge >= 0.3 is 5.97 Å². The monoisotopic (exact) mass is 225 g/mol. The summed E-state index contributed by atoms with van der Waals surface area (Å²) >= 11 is 5.60. The van der Waals surface area contributed by atoms with Crippen molar-refractivity contribution in [2.75, 3.05) is 0 Å². The maximum absolute atomic E-state index is 10.6. The number of rotatable bonds is 2. The molecular weight excluding hydrogens is 218 g/mol. The lowest BCUT2D eigenvalue weighted by Gasteiger charge is -2.00. The van der Waals surface area contributed by atoms with E-state index in [0.717, 1.165) is 5.56 Å². The lowest BCUT2D eigenvalue weighted by Crippen LogP contribution is -1.98. The number of esters is 1. The smallest absolute Gasteiger partial charge is 0.302 e. The Kier molecular flexibility index (Phi) is 2.60. The van der Waals surface area contributed by atoms with Gasteiger partial charge in [-0.2, -0.15) is 4.98 Å². The van der Waals surface area contributed by atoms with E-state index in [9.17, 15) is 4.79 Å². The van der Waals surface area contributed by atoms with Crippen molar-refractivity contribution in [3.63, 3.8) is 0 Å². The molecule has 1 heterocycles. The fourth-order valence-electron chi connectivity index (χ4n) is 1.22. The minimum atomic E-state index is -0.312. The Bertz CT molecular complexity index is 506. The van der Waals surface area contributed by atoms with Crippen LogP contribution in [0, 0.1) is 0 Å². The first kappa shape index (κ1) is 9.98. The first-order valence-corrected chi connectivity index (χ1v) is 4.71. The molecule has 0 aliphatic rings. The molecule has 0 radical (unpaired) electrons. The Morgan fingerprint density at radius 2 is 2.40 bits per heavy atom. The molecule has 0 unspecified atom stereocenters. The van der Waals surface area contributed by atoms with E-state index in [1.165, 1.54) is 6.92 Å². The van der Waals surface area contributed by atoms with Gasteiger partial charge in [0.2, 0.25) is 0 Å². The van der Waals surface area contributed by atoms with Crippen molar-refractivity contribution in [3.8, 4) is 0 Å². The average Bonchev–Trinajstić information content (AvgIpc) is 2.53. The van der Waals surface area contributed by atoms with Crippen LogP contribution in [0.5, 0.6) is 0 Å². The number of ether oxygens (including phenoxy) is 1. The van der Waals surface area contributed by atoms with Crippen LogP contribution in [0.3, 0.4) is 0 Å². The second-order valence-corrected chi connectivity index (χ2v) is 3.37. The molecule has 1 aromatic carbocycles. The van der Waals surface area contributed by atoms with Gasteiger partial charge in [0, 0.05) is 6.92 Å². The van der Waals surface area contributed by atoms with Gasteiger partial charge in [-0.1, -0.05) is 6.07 Å². The maximum Gasteiger partial charge on any atom is 0.302 e. The largest absolute Gasteiger partial charge is 0.461 e. The van der Waals surface area contributed by atoms with E-state index in [0.29, 0.717) is 11.1 Å². The summed E-state index contributed by atoms with van der Waals surface area (Å²) < 4.78 is 9.95. The van der Waals surface area contributed by atoms with Crippen LogP contribution in [-0.2, 0) is 16.1 Å². The van der Waals surface area contributed by atoms with Crippen LogP contribution in [0.15, 0.2) is 22.6 Å². The van der Waals surface area contributed by atoms with Gasteiger partial charge in [-0.05, 0) is 29.3 Å². The van der Waals surface area contributed by atoms with Crippen molar-refractivity contribution in [1.82, 2.24) is 4.98 Å². The summed E-state index contributed by atoms with van der Waals surface area (Å²) in [7, 11) is 0. The molecule has 2 rings (SSSR count). The molecule has 1 aromatic heterocycles. The molecular formula is C10H8ClNO3. The summed E-state index contributed by atoms with van der Waals surface area (Å²) in [6, 6.07) is 5.31. The summed E-state index contributed by atoms with van der Waals surface area (Å²) in [5.74, 6) is -0.312. The van der Waals surface area contributed by atoms with E-state index in [2.05, 4.69) is 4.98 Å². The molecule has 0 spiro atoms. The van der Waals surface area contributed by atoms with Gasteiger partial charge in [-0.25, -0.2) is 0 Å². The number of hydrogen-bond acceptors (Lipinski definition) is 4. The molecule has 0 amide bonds. The maximum atomic E-state index is 10.6. The molecule has 0 aliphatic heterocycles. The van der Waals surface area contributed by atoms with E-state index < -0.39 is 0 Å². The van der Waals surface area contributed by atoms with Gasteiger partial charge in [0.15, 0.2) is 5.58 Å². The van der Waals surface area contributed by atoms with Crippen molar-refractivity contribution in [1.29, 1.82) is 0 Å². The lowest BCUT2D eigenvalue weighted by atomic mass is 10.2. The second kappa shape index (κ2) is 3.90. The predicted molar refractivity (Wildman–Crippen MR) is 54.5 cm³/mol. The summed E-state index contributed by atoms with van der Waals surface area (Å²) in [5, 5.41) is 0.106. The molecule has 15 heavy (non-hydrogen) atoms. The van der Waals surface area contributed by atoms with E-state index in [4.69, 9.17) is 20.8 Å². The highest BCUT2D eigenvalue weighted by Gasteiger charge is 2.04. The molecule has 0 aliphatic carbocycles. The molecule has 0 atom stereocenters. The zero-order valence-corrected chi connectivity index (χ0v) is 8.75. The molecule has 0 fully saturated rings. The topological polar surface area (TPSA) is 52.3 Å². The Balaban J connectivity index is 2.26. The number of benzene rings is 1. The number of nitrogens with zero attached hydrogens (tertiary/aromatic N) is 1. The van der Waals surface area contributed by atoms with Gasteiger partial charge < -0.3 is 9.15 Å². The van der Waals surface area contributed by atoms with Gasteiger partial charge in [-0.15, -0.1) is 0 Å². The van der Waals surface area contributed by atoms with Gasteiger partial charge in [0.05, 0.1) is 0 Å². The fourth-order valence-corrected chi connectivity index (χ4v) is 1.39. The Labute approximate surface area is 90.8 Å². The lowest BCUT2D eigenvalue weighted by molar-refractivity contribution is -0.142. The van der Waals surface area contributed by atoms with Crippen LogP contribution in [0.4, 0.5) is 0 Å². The van der Waals surface area contributed by atoms with Crippen LogP contribution in [0.1, 0.15) is 12.5 Å². The highest BCUT2D eigenvalue weighted by molar-refractivity contribution is 6.28. The molecule has 0 saturated carbocycles. The van der Waals surface area contributed by atoms with Crippen molar-refractivity contribution >= 4 is 28.7 Å². The molecule has 4 nitrogen and oxygen atoms in total. The normalized spacial score (nSPS) is 10.5. The highest BCUT2D eigenvalue weighted by atomic mass is 35.5. The quantitative estimate of drug-likeness (QED) is 0.737. The van der Waals surface area contributed by atoms with Crippen molar-refractivity contribution in [3.05, 3.63) is 29.1 Å². The third-order valence-corrected chi connectivity index (χ3v) is 2.03. The van der Waals surface area contributed by atoms with Crippen LogP contribution in [0.25, 0.3) is 11.1 Å². The number of aromatic nitrogens is 1. The molecule has 0 N–H and O–H groups in total. The van der Waals surface area contributed by atoms with Crippen LogP contribution < -0.4 is 0 Å². The van der Waals surface area contributed by atoms with E-state index in [1.807, 2.05) is 0 Å². The number of halogens is 1. The average molecular weight is 226 g/mol. The Morgan fingerprint density at radius 3 is 3.13 bits per heavy atom. The van der Waals surface area contributed by atoms with Crippen LogP contribution in [0.2, 0.25) is 5.35 Å².